The molecule has 0 spiro atoms. The molecule has 84 valence electrons. The van der Waals surface area contributed by atoms with Gasteiger partial charge in [0.1, 0.15) is 5.84 Å². The van der Waals surface area contributed by atoms with Gasteiger partial charge in [0.25, 0.3) is 0 Å². The Labute approximate surface area is 85.5 Å². The fraction of sp³-hybridized carbons (Fsp3) is 0.889. The van der Waals surface area contributed by atoms with Crippen LogP contribution in [0.5, 0.6) is 0 Å². The third kappa shape index (κ3) is 5.77. The van der Waals surface area contributed by atoms with Crippen molar-refractivity contribution in [3.8, 4) is 0 Å². The summed E-state index contributed by atoms with van der Waals surface area (Å²) in [6.45, 7) is 6.69. The lowest BCUT2D eigenvalue weighted by atomic mass is 10.3. The first-order valence-corrected chi connectivity index (χ1v) is 4.85. The molecule has 3 N–H and O–H groups in total. The van der Waals surface area contributed by atoms with Gasteiger partial charge >= 0.3 is 0 Å². The van der Waals surface area contributed by atoms with E-state index in [0.717, 1.165) is 19.6 Å². The van der Waals surface area contributed by atoms with Gasteiger partial charge in [-0.1, -0.05) is 12.1 Å². The van der Waals surface area contributed by atoms with Crippen LogP contribution in [0.25, 0.3) is 0 Å². The van der Waals surface area contributed by atoms with Crippen LogP contribution in [0.1, 0.15) is 20.3 Å². The Morgan fingerprint density at radius 1 is 1.64 bits per heavy atom. The monoisotopic (exact) mass is 203 g/mol. The van der Waals surface area contributed by atoms with Crippen LogP contribution in [-0.2, 0) is 4.74 Å². The highest BCUT2D eigenvalue weighted by atomic mass is 16.5. The summed E-state index contributed by atoms with van der Waals surface area (Å²) >= 11 is 0. The van der Waals surface area contributed by atoms with E-state index in [1.54, 1.807) is 7.11 Å². The quantitative estimate of drug-likeness (QED) is 0.273. The highest BCUT2D eigenvalue weighted by Gasteiger charge is 2.08. The number of amidine groups is 1. The Bertz CT molecular complexity index is 173. The van der Waals surface area contributed by atoms with E-state index in [1.165, 1.54) is 0 Å². The molecule has 0 heterocycles. The lowest BCUT2D eigenvalue weighted by molar-refractivity contribution is 0.0797. The second-order valence-corrected chi connectivity index (χ2v) is 3.28. The molecular weight excluding hydrogens is 182 g/mol. The van der Waals surface area contributed by atoms with Crippen molar-refractivity contribution in [1.29, 1.82) is 0 Å². The molecule has 5 heteroatoms. The number of rotatable bonds is 7. The summed E-state index contributed by atoms with van der Waals surface area (Å²) in [4.78, 5) is 2.20. The number of ether oxygens (including phenoxy) is 1. The van der Waals surface area contributed by atoms with Gasteiger partial charge < -0.3 is 20.6 Å². The van der Waals surface area contributed by atoms with E-state index in [0.29, 0.717) is 6.42 Å². The van der Waals surface area contributed by atoms with Gasteiger partial charge in [-0.15, -0.1) is 0 Å². The van der Waals surface area contributed by atoms with Gasteiger partial charge in [-0.05, 0) is 13.5 Å². The normalized spacial score (nSPS) is 14.7. The molecule has 0 amide bonds. The summed E-state index contributed by atoms with van der Waals surface area (Å²) < 4.78 is 5.16. The number of oxime groups is 1. The number of nitrogens with zero attached hydrogens (tertiary/aromatic N) is 2. The summed E-state index contributed by atoms with van der Waals surface area (Å²) in [6.07, 6.45) is 0.795. The number of likely N-dealkylation sites (N-methyl/N-ethyl adjacent to an activating group) is 1. The van der Waals surface area contributed by atoms with Crippen LogP contribution in [0.15, 0.2) is 5.16 Å². The summed E-state index contributed by atoms with van der Waals surface area (Å²) in [7, 11) is 1.70. The van der Waals surface area contributed by atoms with Crippen molar-refractivity contribution >= 4 is 5.84 Å². The lowest BCUT2D eigenvalue weighted by Crippen LogP contribution is -2.34. The van der Waals surface area contributed by atoms with Crippen molar-refractivity contribution in [2.24, 2.45) is 10.9 Å². The lowest BCUT2D eigenvalue weighted by Gasteiger charge is -2.23. The molecule has 0 fully saturated rings. The van der Waals surface area contributed by atoms with Gasteiger partial charge in [-0.3, -0.25) is 0 Å². The van der Waals surface area contributed by atoms with E-state index in [2.05, 4.69) is 17.0 Å². The van der Waals surface area contributed by atoms with E-state index in [4.69, 9.17) is 15.7 Å². The van der Waals surface area contributed by atoms with E-state index in [-0.39, 0.29) is 11.9 Å². The molecule has 14 heavy (non-hydrogen) atoms. The van der Waals surface area contributed by atoms with Crippen LogP contribution in [0, 0.1) is 0 Å². The van der Waals surface area contributed by atoms with Crippen LogP contribution < -0.4 is 5.73 Å². The molecular formula is C9H21N3O2. The molecule has 0 rings (SSSR count). The average molecular weight is 203 g/mol. The molecule has 5 nitrogen and oxygen atoms in total. The van der Waals surface area contributed by atoms with Gasteiger partial charge in [0.05, 0.1) is 6.10 Å². The molecule has 0 aromatic heterocycles. The van der Waals surface area contributed by atoms with Crippen molar-refractivity contribution in [3.05, 3.63) is 0 Å². The zero-order valence-corrected chi connectivity index (χ0v) is 9.23. The van der Waals surface area contributed by atoms with Crippen LogP contribution in [0.3, 0.4) is 0 Å². The molecule has 0 aliphatic rings. The maximum absolute atomic E-state index is 8.37. The first-order valence-electron chi connectivity index (χ1n) is 4.85. The van der Waals surface area contributed by atoms with Crippen molar-refractivity contribution in [3.63, 3.8) is 0 Å². The van der Waals surface area contributed by atoms with Crippen molar-refractivity contribution in [2.75, 3.05) is 26.7 Å². The molecule has 1 atom stereocenters. The average Bonchev–Trinajstić information content (AvgIpc) is 2.22. The summed E-state index contributed by atoms with van der Waals surface area (Å²) in [6, 6.07) is 0. The van der Waals surface area contributed by atoms with Crippen LogP contribution in [-0.4, -0.2) is 48.8 Å². The largest absolute Gasteiger partial charge is 0.409 e. The molecule has 0 saturated carbocycles. The van der Waals surface area contributed by atoms with Crippen LogP contribution in [0.2, 0.25) is 0 Å². The molecule has 0 bridgehead atoms. The number of nitrogens with two attached hydrogens (primary N) is 1. The van der Waals surface area contributed by atoms with Gasteiger partial charge in [0.15, 0.2) is 0 Å². The molecule has 0 aliphatic carbocycles. The highest BCUT2D eigenvalue weighted by molar-refractivity contribution is 5.79. The maximum atomic E-state index is 8.37. The Morgan fingerprint density at radius 2 is 2.29 bits per heavy atom. The fourth-order valence-electron chi connectivity index (χ4n) is 1.14. The summed E-state index contributed by atoms with van der Waals surface area (Å²) in [5, 5.41) is 11.3. The molecule has 0 aromatic rings. The van der Waals surface area contributed by atoms with Gasteiger partial charge in [-0.2, -0.15) is 0 Å². The zero-order valence-electron chi connectivity index (χ0n) is 9.23. The van der Waals surface area contributed by atoms with Crippen LogP contribution >= 0.6 is 0 Å². The SMILES string of the molecule is CCN(CCC(N)=NO)CC(C)OC. The Morgan fingerprint density at radius 3 is 2.71 bits per heavy atom. The fourth-order valence-corrected chi connectivity index (χ4v) is 1.14. The van der Waals surface area contributed by atoms with Crippen molar-refractivity contribution < 1.29 is 9.94 Å². The Balaban J connectivity index is 3.79. The second kappa shape index (κ2) is 7.58. The number of methoxy groups -OCH3 is 1. The van der Waals surface area contributed by atoms with Gasteiger partial charge in [0.2, 0.25) is 0 Å². The standard InChI is InChI=1S/C9H21N3O2/c1-4-12(7-8(2)14-3)6-5-9(10)11-13/h8,13H,4-7H2,1-3H3,(H2,10,11). The molecule has 0 aliphatic heterocycles. The number of hydrogen-bond acceptors (Lipinski definition) is 4. The smallest absolute Gasteiger partial charge is 0.140 e. The molecule has 0 aromatic carbocycles. The van der Waals surface area contributed by atoms with E-state index in [9.17, 15) is 0 Å². The number of hydrogen-bond donors (Lipinski definition) is 2. The summed E-state index contributed by atoms with van der Waals surface area (Å²) in [5.74, 6) is 0.272. The maximum Gasteiger partial charge on any atom is 0.140 e. The molecule has 0 radical (unpaired) electrons. The minimum Gasteiger partial charge on any atom is -0.409 e. The zero-order chi connectivity index (χ0) is 11.0. The second-order valence-electron chi connectivity index (χ2n) is 3.28. The predicted molar refractivity (Wildman–Crippen MR) is 56.6 cm³/mol. The molecule has 0 saturated heterocycles. The highest BCUT2D eigenvalue weighted by Crippen LogP contribution is 1.97. The van der Waals surface area contributed by atoms with Crippen molar-refractivity contribution in [1.82, 2.24) is 4.90 Å². The van der Waals surface area contributed by atoms with Gasteiger partial charge in [0, 0.05) is 26.6 Å². The Hall–Kier alpha value is -0.810. The first kappa shape index (κ1) is 13.2. The Kier molecular flexibility index (Phi) is 7.14. The minimum absolute atomic E-state index is 0.210. The van der Waals surface area contributed by atoms with Gasteiger partial charge in [-0.25, -0.2) is 0 Å². The third-order valence-corrected chi connectivity index (χ3v) is 2.18. The van der Waals surface area contributed by atoms with E-state index >= 15 is 0 Å². The summed E-state index contributed by atoms with van der Waals surface area (Å²) in [5.41, 5.74) is 5.38. The van der Waals surface area contributed by atoms with Crippen molar-refractivity contribution in [2.45, 2.75) is 26.4 Å². The molecule has 1 unspecified atom stereocenters. The van der Waals surface area contributed by atoms with E-state index < -0.39 is 0 Å². The topological polar surface area (TPSA) is 71.1 Å². The first-order chi connectivity index (χ1) is 6.63. The minimum atomic E-state index is 0.210. The predicted octanol–water partition coefficient (Wildman–Crippen LogP) is 0.480. The van der Waals surface area contributed by atoms with Crippen LogP contribution in [0.4, 0.5) is 0 Å². The van der Waals surface area contributed by atoms with E-state index in [1.807, 2.05) is 6.92 Å². The third-order valence-electron chi connectivity index (χ3n) is 2.18.